The minimum atomic E-state index is -4.19. The molecule has 3 aromatic rings. The molecule has 3 aromatic carbocycles. The van der Waals surface area contributed by atoms with Crippen molar-refractivity contribution >= 4 is 39.4 Å². The maximum Gasteiger partial charge on any atom is 0.269 e. The van der Waals surface area contributed by atoms with E-state index in [4.69, 9.17) is 11.6 Å². The molecular weight excluding hydrogens is 487 g/mol. The number of hydrazone groups is 1. The van der Waals surface area contributed by atoms with Gasteiger partial charge in [0.05, 0.1) is 22.6 Å². The molecule has 12 heteroatoms. The van der Waals surface area contributed by atoms with Gasteiger partial charge in [0.15, 0.2) is 0 Å². The number of amides is 1. The van der Waals surface area contributed by atoms with E-state index in [0.29, 0.717) is 10.6 Å². The van der Waals surface area contributed by atoms with E-state index in [1.54, 1.807) is 6.07 Å². The smallest absolute Gasteiger partial charge is 0.269 e. The van der Waals surface area contributed by atoms with Crippen LogP contribution in [0, 0.1) is 15.9 Å². The Labute approximate surface area is 199 Å². The molecule has 3 rings (SSSR count). The summed E-state index contributed by atoms with van der Waals surface area (Å²) in [7, 11) is -4.19. The van der Waals surface area contributed by atoms with Crippen LogP contribution < -0.4 is 5.43 Å². The molecule has 34 heavy (non-hydrogen) atoms. The number of hydrogen-bond donors (Lipinski definition) is 1. The highest BCUT2D eigenvalue weighted by molar-refractivity contribution is 7.89. The fraction of sp³-hybridized carbons (Fsp3) is 0.0909. The van der Waals surface area contributed by atoms with Crippen LogP contribution in [-0.4, -0.2) is 36.3 Å². The number of nitro benzene ring substituents is 1. The third-order valence-electron chi connectivity index (χ3n) is 4.58. The van der Waals surface area contributed by atoms with E-state index in [1.165, 1.54) is 72.9 Å². The van der Waals surface area contributed by atoms with Crippen LogP contribution in [0.25, 0.3) is 0 Å². The molecule has 0 fully saturated rings. The average Bonchev–Trinajstić information content (AvgIpc) is 2.80. The number of nitrogens with one attached hydrogen (secondary N) is 1. The molecular formula is C22H18ClFN4O5S. The van der Waals surface area contributed by atoms with E-state index in [2.05, 4.69) is 10.5 Å². The molecule has 9 nitrogen and oxygen atoms in total. The highest BCUT2D eigenvalue weighted by Crippen LogP contribution is 2.21. The molecule has 0 heterocycles. The highest BCUT2D eigenvalue weighted by atomic mass is 35.5. The van der Waals surface area contributed by atoms with Gasteiger partial charge in [-0.2, -0.15) is 9.41 Å². The minimum absolute atomic E-state index is 0.0854. The zero-order chi connectivity index (χ0) is 24.7. The lowest BCUT2D eigenvalue weighted by Crippen LogP contribution is -2.39. The zero-order valence-electron chi connectivity index (χ0n) is 17.5. The van der Waals surface area contributed by atoms with Crippen molar-refractivity contribution in [2.24, 2.45) is 5.10 Å². The topological polar surface area (TPSA) is 122 Å². The first-order chi connectivity index (χ1) is 16.2. The molecule has 0 atom stereocenters. The monoisotopic (exact) mass is 504 g/mol. The minimum Gasteiger partial charge on any atom is -0.272 e. The van der Waals surface area contributed by atoms with Crippen molar-refractivity contribution in [3.8, 4) is 0 Å². The van der Waals surface area contributed by atoms with E-state index in [9.17, 15) is 27.7 Å². The molecule has 0 aliphatic heterocycles. The Kier molecular flexibility index (Phi) is 8.05. The van der Waals surface area contributed by atoms with Crippen LogP contribution >= 0.6 is 11.6 Å². The number of halogens is 2. The summed E-state index contributed by atoms with van der Waals surface area (Å²) < 4.78 is 41.3. The predicted molar refractivity (Wildman–Crippen MR) is 124 cm³/mol. The molecule has 0 bridgehead atoms. The van der Waals surface area contributed by atoms with Crippen molar-refractivity contribution in [2.75, 3.05) is 6.54 Å². The molecule has 0 unspecified atom stereocenters. The van der Waals surface area contributed by atoms with Gasteiger partial charge in [0, 0.05) is 29.3 Å². The van der Waals surface area contributed by atoms with Crippen molar-refractivity contribution in [1.29, 1.82) is 0 Å². The maximum atomic E-state index is 14.2. The van der Waals surface area contributed by atoms with E-state index in [-0.39, 0.29) is 16.1 Å². The summed E-state index contributed by atoms with van der Waals surface area (Å²) in [5.41, 5.74) is 2.67. The summed E-state index contributed by atoms with van der Waals surface area (Å²) in [6.07, 6.45) is 1.25. The molecule has 0 spiro atoms. The van der Waals surface area contributed by atoms with Gasteiger partial charge in [0.2, 0.25) is 10.0 Å². The number of nitro groups is 1. The number of carbonyl (C=O) groups excluding carboxylic acids is 1. The quantitative estimate of drug-likeness (QED) is 0.270. The van der Waals surface area contributed by atoms with E-state index in [1.807, 2.05) is 0 Å². The Morgan fingerprint density at radius 2 is 1.74 bits per heavy atom. The zero-order valence-corrected chi connectivity index (χ0v) is 19.0. The van der Waals surface area contributed by atoms with E-state index < -0.39 is 39.8 Å². The molecule has 0 saturated heterocycles. The Balaban J connectivity index is 1.77. The first-order valence-electron chi connectivity index (χ1n) is 9.72. The number of carbonyl (C=O) groups is 1. The van der Waals surface area contributed by atoms with Gasteiger partial charge in [-0.3, -0.25) is 14.9 Å². The summed E-state index contributed by atoms with van der Waals surface area (Å²) in [5.74, 6) is -1.39. The fourth-order valence-electron chi connectivity index (χ4n) is 2.85. The average molecular weight is 505 g/mol. The Bertz CT molecular complexity index is 1320. The van der Waals surface area contributed by atoms with Gasteiger partial charge in [0.25, 0.3) is 11.6 Å². The molecule has 0 saturated carbocycles. The molecule has 0 aliphatic carbocycles. The van der Waals surface area contributed by atoms with Gasteiger partial charge in [-0.25, -0.2) is 18.2 Å². The highest BCUT2D eigenvalue weighted by Gasteiger charge is 2.27. The van der Waals surface area contributed by atoms with Gasteiger partial charge in [-0.1, -0.05) is 29.8 Å². The van der Waals surface area contributed by atoms with Gasteiger partial charge in [-0.05, 0) is 48.0 Å². The molecule has 176 valence electrons. The number of sulfonamides is 1. The lowest BCUT2D eigenvalue weighted by molar-refractivity contribution is -0.384. The van der Waals surface area contributed by atoms with Crippen LogP contribution in [-0.2, 0) is 21.4 Å². The second-order valence-corrected chi connectivity index (χ2v) is 9.33. The van der Waals surface area contributed by atoms with Crippen molar-refractivity contribution in [3.63, 3.8) is 0 Å². The summed E-state index contributed by atoms with van der Waals surface area (Å²) in [4.78, 5) is 22.5. The van der Waals surface area contributed by atoms with Gasteiger partial charge < -0.3 is 0 Å². The Morgan fingerprint density at radius 3 is 2.35 bits per heavy atom. The molecule has 1 amide bonds. The van der Waals surface area contributed by atoms with Crippen molar-refractivity contribution in [1.82, 2.24) is 9.73 Å². The van der Waals surface area contributed by atoms with Crippen LogP contribution in [0.5, 0.6) is 0 Å². The van der Waals surface area contributed by atoms with Crippen molar-refractivity contribution < 1.29 is 22.5 Å². The summed E-state index contributed by atoms with van der Waals surface area (Å²) in [5, 5.41) is 14.8. The number of rotatable bonds is 9. The molecule has 0 radical (unpaired) electrons. The SMILES string of the molecule is O=C(CN(Cc1ccccc1F)S(=O)(=O)c1ccc(Cl)cc1)N/N=C\c1ccc([N+](=O)[O-])cc1. The number of nitrogens with zero attached hydrogens (tertiary/aromatic N) is 3. The standard InChI is InChI=1S/C22H18ClFN4O5S/c23-18-7-11-20(12-8-18)34(32,33)27(14-17-3-1-2-4-21(17)24)15-22(29)26-25-13-16-5-9-19(10-6-16)28(30)31/h1-13H,14-15H2,(H,26,29)/b25-13-. The molecule has 0 aliphatic rings. The number of hydrogen-bond acceptors (Lipinski definition) is 6. The van der Waals surface area contributed by atoms with Crippen LogP contribution in [0.15, 0.2) is 82.8 Å². The van der Waals surface area contributed by atoms with Crippen molar-refractivity contribution in [2.45, 2.75) is 11.4 Å². The summed E-state index contributed by atoms with van der Waals surface area (Å²) in [6, 6.07) is 16.4. The third kappa shape index (κ3) is 6.44. The van der Waals surface area contributed by atoms with Crippen LogP contribution in [0.2, 0.25) is 5.02 Å². The Hall–Kier alpha value is -3.67. The maximum absolute atomic E-state index is 14.2. The van der Waals surface area contributed by atoms with Gasteiger partial charge in [-0.15, -0.1) is 0 Å². The van der Waals surface area contributed by atoms with Crippen molar-refractivity contribution in [3.05, 3.63) is 105 Å². The van der Waals surface area contributed by atoms with Crippen LogP contribution in [0.1, 0.15) is 11.1 Å². The van der Waals surface area contributed by atoms with Crippen LogP contribution in [0.4, 0.5) is 10.1 Å². The second kappa shape index (κ2) is 11.0. The molecule has 0 aromatic heterocycles. The summed E-state index contributed by atoms with van der Waals surface area (Å²) >= 11 is 5.84. The van der Waals surface area contributed by atoms with E-state index in [0.717, 1.165) is 4.31 Å². The second-order valence-electron chi connectivity index (χ2n) is 6.96. The van der Waals surface area contributed by atoms with Crippen LogP contribution in [0.3, 0.4) is 0 Å². The lowest BCUT2D eigenvalue weighted by Gasteiger charge is -2.21. The van der Waals surface area contributed by atoms with Gasteiger partial charge >= 0.3 is 0 Å². The summed E-state index contributed by atoms with van der Waals surface area (Å²) in [6.45, 7) is -1.03. The first kappa shape index (κ1) is 25.0. The normalized spacial score (nSPS) is 11.6. The largest absolute Gasteiger partial charge is 0.272 e. The first-order valence-corrected chi connectivity index (χ1v) is 11.5. The number of non-ortho nitro benzene ring substituents is 1. The predicted octanol–water partition coefficient (Wildman–Crippen LogP) is 3.73. The van der Waals surface area contributed by atoms with Gasteiger partial charge in [0.1, 0.15) is 5.82 Å². The number of benzene rings is 3. The Morgan fingerprint density at radius 1 is 1.09 bits per heavy atom. The van der Waals surface area contributed by atoms with E-state index >= 15 is 0 Å². The molecule has 1 N–H and O–H groups in total. The third-order valence-corrected chi connectivity index (χ3v) is 6.64. The fourth-order valence-corrected chi connectivity index (χ4v) is 4.35. The lowest BCUT2D eigenvalue weighted by atomic mass is 10.2.